The third kappa shape index (κ3) is 5.83. The molecule has 2 aromatic carbocycles. The zero-order valence-corrected chi connectivity index (χ0v) is 15.7. The predicted octanol–water partition coefficient (Wildman–Crippen LogP) is 4.15. The molecule has 0 unspecified atom stereocenters. The minimum Gasteiger partial charge on any atom is -0.493 e. The third-order valence-corrected chi connectivity index (χ3v) is 4.05. The molecule has 0 aromatic heterocycles. The average molecular weight is 393 g/mol. The van der Waals surface area contributed by atoms with Crippen LogP contribution >= 0.6 is 23.2 Å². The lowest BCUT2D eigenvalue weighted by Gasteiger charge is -2.14. The van der Waals surface area contributed by atoms with Crippen molar-refractivity contribution >= 4 is 29.1 Å². The first kappa shape index (κ1) is 19.9. The number of nitriles is 1. The smallest absolute Gasteiger partial charge is 0.234 e. The Morgan fingerprint density at radius 1 is 1.23 bits per heavy atom. The standard InChI is InChI=1S/C19H18Cl2N2O3/c1-25-17-11-13(6-8-23-18(24)5-7-22)10-16(21)19(17)26-12-14-3-2-4-15(20)9-14/h2-4,9-11H,5-6,8,12H2,1H3,(H,23,24). The number of carbonyl (C=O) groups excluding carboxylic acids is 1. The van der Waals surface area contributed by atoms with Gasteiger partial charge in [0.2, 0.25) is 5.91 Å². The fraction of sp³-hybridized carbons (Fsp3) is 0.263. The molecule has 0 fully saturated rings. The molecule has 5 nitrogen and oxygen atoms in total. The summed E-state index contributed by atoms with van der Waals surface area (Å²) in [6.07, 6.45) is 0.405. The molecule has 0 aliphatic heterocycles. The molecule has 0 spiro atoms. The van der Waals surface area contributed by atoms with Gasteiger partial charge in [0.15, 0.2) is 11.5 Å². The van der Waals surface area contributed by atoms with Crippen LogP contribution in [0, 0.1) is 11.3 Å². The van der Waals surface area contributed by atoms with E-state index in [2.05, 4.69) is 5.32 Å². The zero-order chi connectivity index (χ0) is 18.9. The first-order chi connectivity index (χ1) is 12.5. The highest BCUT2D eigenvalue weighted by Gasteiger charge is 2.13. The number of hydrogen-bond acceptors (Lipinski definition) is 4. The lowest BCUT2D eigenvalue weighted by molar-refractivity contribution is -0.120. The summed E-state index contributed by atoms with van der Waals surface area (Å²) in [4.78, 5) is 11.3. The van der Waals surface area contributed by atoms with Gasteiger partial charge in [0.25, 0.3) is 0 Å². The van der Waals surface area contributed by atoms with Gasteiger partial charge in [-0.1, -0.05) is 35.3 Å². The monoisotopic (exact) mass is 392 g/mol. The van der Waals surface area contributed by atoms with Crippen LogP contribution in [0.15, 0.2) is 36.4 Å². The number of hydrogen-bond donors (Lipinski definition) is 1. The van der Waals surface area contributed by atoms with E-state index in [4.69, 9.17) is 37.9 Å². The highest BCUT2D eigenvalue weighted by atomic mass is 35.5. The van der Waals surface area contributed by atoms with E-state index in [9.17, 15) is 4.79 Å². The number of benzene rings is 2. The van der Waals surface area contributed by atoms with E-state index in [1.807, 2.05) is 24.3 Å². The molecule has 26 heavy (non-hydrogen) atoms. The molecule has 1 N–H and O–H groups in total. The largest absolute Gasteiger partial charge is 0.493 e. The second-order valence-electron chi connectivity index (χ2n) is 5.46. The second-order valence-corrected chi connectivity index (χ2v) is 6.31. The summed E-state index contributed by atoms with van der Waals surface area (Å²) in [5, 5.41) is 12.2. The molecule has 0 aliphatic carbocycles. The molecule has 1 amide bonds. The summed E-state index contributed by atoms with van der Waals surface area (Å²) >= 11 is 12.3. The number of ether oxygens (including phenoxy) is 2. The van der Waals surface area contributed by atoms with Gasteiger partial charge >= 0.3 is 0 Å². The third-order valence-electron chi connectivity index (χ3n) is 3.54. The Hall–Kier alpha value is -2.42. The van der Waals surface area contributed by atoms with Crippen molar-refractivity contribution in [2.24, 2.45) is 0 Å². The molecule has 0 radical (unpaired) electrons. The van der Waals surface area contributed by atoms with Crippen LogP contribution in [0.4, 0.5) is 0 Å². The van der Waals surface area contributed by atoms with E-state index in [1.165, 1.54) is 7.11 Å². The Balaban J connectivity index is 2.04. The van der Waals surface area contributed by atoms with Crippen molar-refractivity contribution in [3.05, 3.63) is 57.6 Å². The van der Waals surface area contributed by atoms with E-state index in [0.29, 0.717) is 41.1 Å². The molecule has 0 heterocycles. The van der Waals surface area contributed by atoms with Crippen molar-refractivity contribution in [3.8, 4) is 17.6 Å². The quantitative estimate of drug-likeness (QED) is 0.731. The number of carbonyl (C=O) groups is 1. The van der Waals surface area contributed by atoms with Crippen LogP contribution in [0.2, 0.25) is 10.0 Å². The van der Waals surface area contributed by atoms with Crippen LogP contribution < -0.4 is 14.8 Å². The van der Waals surface area contributed by atoms with Crippen molar-refractivity contribution < 1.29 is 14.3 Å². The highest BCUT2D eigenvalue weighted by Crippen LogP contribution is 2.37. The number of amides is 1. The van der Waals surface area contributed by atoms with Crippen LogP contribution in [0.25, 0.3) is 0 Å². The molecule has 0 atom stereocenters. The van der Waals surface area contributed by atoms with Crippen LogP contribution in [0.1, 0.15) is 17.5 Å². The maximum atomic E-state index is 11.3. The molecule has 2 aromatic rings. The van der Waals surface area contributed by atoms with Gasteiger partial charge in [0, 0.05) is 11.6 Å². The second kappa shape index (κ2) is 9.91. The lowest BCUT2D eigenvalue weighted by Crippen LogP contribution is -2.24. The summed E-state index contributed by atoms with van der Waals surface area (Å²) in [5.41, 5.74) is 1.80. The molecule has 136 valence electrons. The van der Waals surface area contributed by atoms with Crippen LogP contribution in [-0.2, 0) is 17.8 Å². The maximum absolute atomic E-state index is 11.3. The van der Waals surface area contributed by atoms with E-state index in [1.54, 1.807) is 18.2 Å². The van der Waals surface area contributed by atoms with Crippen molar-refractivity contribution in [2.45, 2.75) is 19.4 Å². The molecule has 7 heteroatoms. The van der Waals surface area contributed by atoms with Crippen LogP contribution in [-0.4, -0.2) is 19.6 Å². The number of nitrogens with one attached hydrogen (secondary N) is 1. The molecule has 0 saturated heterocycles. The number of methoxy groups -OCH3 is 1. The van der Waals surface area contributed by atoms with Gasteiger partial charge in [-0.05, 0) is 41.8 Å². The Morgan fingerprint density at radius 2 is 2.04 bits per heavy atom. The van der Waals surface area contributed by atoms with Crippen LogP contribution in [0.5, 0.6) is 11.5 Å². The fourth-order valence-electron chi connectivity index (χ4n) is 2.32. The average Bonchev–Trinajstić information content (AvgIpc) is 2.60. The topological polar surface area (TPSA) is 71.3 Å². The van der Waals surface area contributed by atoms with Gasteiger partial charge in [-0.3, -0.25) is 4.79 Å². The minimum absolute atomic E-state index is 0.152. The molecular formula is C19H18Cl2N2O3. The summed E-state index contributed by atoms with van der Waals surface area (Å²) in [5.74, 6) is 0.663. The van der Waals surface area contributed by atoms with Gasteiger partial charge in [-0.15, -0.1) is 0 Å². The maximum Gasteiger partial charge on any atom is 0.234 e. The first-order valence-electron chi connectivity index (χ1n) is 7.90. The van der Waals surface area contributed by atoms with Gasteiger partial charge in [0.05, 0.1) is 18.2 Å². The van der Waals surface area contributed by atoms with Gasteiger partial charge < -0.3 is 14.8 Å². The summed E-state index contributed by atoms with van der Waals surface area (Å²) < 4.78 is 11.2. The SMILES string of the molecule is COc1cc(CCNC(=O)CC#N)cc(Cl)c1OCc1cccc(Cl)c1. The minimum atomic E-state index is -0.299. The fourth-order valence-corrected chi connectivity index (χ4v) is 2.82. The number of rotatable bonds is 8. The first-order valence-corrected chi connectivity index (χ1v) is 8.66. The number of nitrogens with zero attached hydrogens (tertiary/aromatic N) is 1. The van der Waals surface area contributed by atoms with Gasteiger partial charge in [-0.2, -0.15) is 5.26 Å². The van der Waals surface area contributed by atoms with E-state index < -0.39 is 0 Å². The Bertz CT molecular complexity index is 819. The molecular weight excluding hydrogens is 375 g/mol. The summed E-state index contributed by atoms with van der Waals surface area (Å²) in [6.45, 7) is 0.711. The molecule has 2 rings (SSSR count). The van der Waals surface area contributed by atoms with Crippen molar-refractivity contribution in [1.82, 2.24) is 5.32 Å². The molecule has 0 aliphatic rings. The summed E-state index contributed by atoms with van der Waals surface area (Å²) in [7, 11) is 1.54. The summed E-state index contributed by atoms with van der Waals surface area (Å²) in [6, 6.07) is 12.8. The molecule has 0 saturated carbocycles. The van der Waals surface area contributed by atoms with E-state index in [-0.39, 0.29) is 12.3 Å². The highest BCUT2D eigenvalue weighted by molar-refractivity contribution is 6.32. The Labute approximate surface area is 162 Å². The van der Waals surface area contributed by atoms with E-state index >= 15 is 0 Å². The molecule has 0 bridgehead atoms. The zero-order valence-electron chi connectivity index (χ0n) is 14.2. The van der Waals surface area contributed by atoms with Crippen molar-refractivity contribution in [2.75, 3.05) is 13.7 Å². The van der Waals surface area contributed by atoms with E-state index in [0.717, 1.165) is 11.1 Å². The van der Waals surface area contributed by atoms with Crippen molar-refractivity contribution in [1.29, 1.82) is 5.26 Å². The Morgan fingerprint density at radius 3 is 2.73 bits per heavy atom. The van der Waals surface area contributed by atoms with Crippen molar-refractivity contribution in [3.63, 3.8) is 0 Å². The predicted molar refractivity (Wildman–Crippen MR) is 101 cm³/mol. The van der Waals surface area contributed by atoms with Crippen LogP contribution in [0.3, 0.4) is 0 Å². The lowest BCUT2D eigenvalue weighted by atomic mass is 10.1. The normalized spacial score (nSPS) is 10.1. The number of halogens is 2. The Kier molecular flexibility index (Phi) is 7.58. The van der Waals surface area contributed by atoms with Gasteiger partial charge in [0.1, 0.15) is 13.0 Å². The van der Waals surface area contributed by atoms with Gasteiger partial charge in [-0.25, -0.2) is 0 Å².